The highest BCUT2D eigenvalue weighted by Gasteiger charge is 1.96. The van der Waals surface area contributed by atoms with Crippen LogP contribution in [0.2, 0.25) is 5.02 Å². The van der Waals surface area contributed by atoms with Gasteiger partial charge in [-0.25, -0.2) is 0 Å². The maximum absolute atomic E-state index is 5.90. The molecule has 0 aliphatic rings. The van der Waals surface area contributed by atoms with Gasteiger partial charge < -0.3 is 4.74 Å². The van der Waals surface area contributed by atoms with Crippen LogP contribution in [0.3, 0.4) is 0 Å². The molecule has 0 heterocycles. The van der Waals surface area contributed by atoms with E-state index >= 15 is 0 Å². The molecule has 3 aromatic carbocycles. The molecule has 0 aliphatic carbocycles. The molecule has 0 fully saturated rings. The maximum atomic E-state index is 5.90. The molecule has 0 amide bonds. The minimum Gasteiger partial charge on any atom is -0.496 e. The number of hydrogen-bond acceptors (Lipinski definition) is 1. The molecule has 3 rings (SSSR count). The van der Waals surface area contributed by atoms with E-state index in [1.165, 1.54) is 0 Å². The number of rotatable bonds is 5. The van der Waals surface area contributed by atoms with E-state index in [0.717, 1.165) is 33.0 Å². The summed E-state index contributed by atoms with van der Waals surface area (Å²) in [7, 11) is 1.69. The molecule has 0 unspecified atom stereocenters. The van der Waals surface area contributed by atoms with E-state index in [0.29, 0.717) is 0 Å². The van der Waals surface area contributed by atoms with Crippen molar-refractivity contribution in [2.75, 3.05) is 7.11 Å². The van der Waals surface area contributed by atoms with Gasteiger partial charge in [-0.1, -0.05) is 90.5 Å². The Morgan fingerprint density at radius 1 is 0.640 bits per heavy atom. The molecule has 1 nitrogen and oxygen atoms in total. The fraction of sp³-hybridized carbons (Fsp3) is 0.0435. The van der Waals surface area contributed by atoms with Gasteiger partial charge in [-0.2, -0.15) is 0 Å². The first-order valence-corrected chi connectivity index (χ1v) is 8.47. The molecule has 0 saturated heterocycles. The van der Waals surface area contributed by atoms with Crippen molar-refractivity contribution in [3.63, 3.8) is 0 Å². The summed E-state index contributed by atoms with van der Waals surface area (Å²) in [6.45, 7) is 0. The third kappa shape index (κ3) is 4.85. The van der Waals surface area contributed by atoms with Gasteiger partial charge in [0.15, 0.2) is 0 Å². The Labute approximate surface area is 153 Å². The fourth-order valence-corrected chi connectivity index (χ4v) is 2.60. The van der Waals surface area contributed by atoms with Gasteiger partial charge in [0.25, 0.3) is 0 Å². The zero-order valence-electron chi connectivity index (χ0n) is 14.0. The van der Waals surface area contributed by atoms with Gasteiger partial charge in [-0.15, -0.1) is 0 Å². The Morgan fingerprint density at radius 3 is 1.68 bits per heavy atom. The second-order valence-electron chi connectivity index (χ2n) is 5.63. The van der Waals surface area contributed by atoms with Crippen LogP contribution < -0.4 is 4.74 Å². The lowest BCUT2D eigenvalue weighted by molar-refractivity contribution is 0.414. The van der Waals surface area contributed by atoms with Crippen LogP contribution in [0.1, 0.15) is 22.3 Å². The predicted octanol–water partition coefficient (Wildman–Crippen LogP) is 6.69. The van der Waals surface area contributed by atoms with E-state index in [1.807, 2.05) is 48.5 Å². The van der Waals surface area contributed by atoms with E-state index in [4.69, 9.17) is 16.3 Å². The van der Waals surface area contributed by atoms with Crippen LogP contribution in [-0.4, -0.2) is 7.11 Å². The summed E-state index contributed by atoms with van der Waals surface area (Å²) in [6, 6.07) is 24.2. The first-order valence-electron chi connectivity index (χ1n) is 8.09. The van der Waals surface area contributed by atoms with Crippen molar-refractivity contribution >= 4 is 35.9 Å². The highest BCUT2D eigenvalue weighted by atomic mass is 35.5. The summed E-state index contributed by atoms with van der Waals surface area (Å²) in [5.41, 5.74) is 4.50. The smallest absolute Gasteiger partial charge is 0.126 e. The lowest BCUT2D eigenvalue weighted by Gasteiger charge is -2.03. The highest BCUT2D eigenvalue weighted by molar-refractivity contribution is 6.30. The average molecular weight is 347 g/mol. The molecule has 2 heteroatoms. The second kappa shape index (κ2) is 8.36. The van der Waals surface area contributed by atoms with Gasteiger partial charge in [0.1, 0.15) is 5.75 Å². The van der Waals surface area contributed by atoms with Gasteiger partial charge in [0, 0.05) is 10.6 Å². The quantitative estimate of drug-likeness (QED) is 0.467. The molecule has 25 heavy (non-hydrogen) atoms. The summed E-state index contributed by atoms with van der Waals surface area (Å²) in [6.07, 6.45) is 8.33. The van der Waals surface area contributed by atoms with Crippen molar-refractivity contribution in [1.82, 2.24) is 0 Å². The molecule has 0 aliphatic heterocycles. The van der Waals surface area contributed by atoms with Crippen molar-refractivity contribution in [1.29, 1.82) is 0 Å². The summed E-state index contributed by atoms with van der Waals surface area (Å²) in [5.74, 6) is 0.876. The Kier molecular flexibility index (Phi) is 5.71. The number of para-hydroxylation sites is 1. The number of methoxy groups -OCH3 is 1. The molecule has 3 aromatic rings. The lowest BCUT2D eigenvalue weighted by Crippen LogP contribution is -1.85. The molecule has 124 valence electrons. The van der Waals surface area contributed by atoms with Crippen LogP contribution in [0.4, 0.5) is 0 Å². The number of benzene rings is 3. The lowest BCUT2D eigenvalue weighted by atomic mass is 10.1. The Morgan fingerprint density at radius 2 is 1.12 bits per heavy atom. The Bertz CT molecular complexity index is 875. The van der Waals surface area contributed by atoms with Crippen LogP contribution in [0.15, 0.2) is 72.8 Å². The first-order chi connectivity index (χ1) is 12.2. The van der Waals surface area contributed by atoms with E-state index < -0.39 is 0 Å². The van der Waals surface area contributed by atoms with Gasteiger partial charge in [-0.05, 0) is 34.9 Å². The van der Waals surface area contributed by atoms with Gasteiger partial charge in [0.05, 0.1) is 7.11 Å². The normalized spacial score (nSPS) is 11.3. The Balaban J connectivity index is 1.69. The minimum atomic E-state index is 0.753. The summed E-state index contributed by atoms with van der Waals surface area (Å²) in [5, 5.41) is 0.753. The minimum absolute atomic E-state index is 0.753. The van der Waals surface area contributed by atoms with Crippen LogP contribution in [-0.2, 0) is 0 Å². The first kappa shape index (κ1) is 17.1. The van der Waals surface area contributed by atoms with Crippen LogP contribution >= 0.6 is 11.6 Å². The largest absolute Gasteiger partial charge is 0.496 e. The highest BCUT2D eigenvalue weighted by Crippen LogP contribution is 2.20. The number of halogens is 1. The molecule has 0 spiro atoms. The summed E-state index contributed by atoms with van der Waals surface area (Å²) >= 11 is 5.90. The van der Waals surface area contributed by atoms with Crippen molar-refractivity contribution in [3.05, 3.63) is 100 Å². The Hall–Kier alpha value is -2.77. The standard InChI is InChI=1S/C23H19ClO/c1-25-23-5-3-2-4-21(23)15-12-19-9-6-18(7-10-19)8-11-20-13-16-22(24)17-14-20/h2-17H,1H3/b11-8+,15-12+. The monoisotopic (exact) mass is 346 g/mol. The van der Waals surface area contributed by atoms with Crippen molar-refractivity contribution in [2.24, 2.45) is 0 Å². The molecule has 0 saturated carbocycles. The average Bonchev–Trinajstić information content (AvgIpc) is 2.67. The molecular weight excluding hydrogens is 328 g/mol. The fourth-order valence-electron chi connectivity index (χ4n) is 2.47. The third-order valence-electron chi connectivity index (χ3n) is 3.87. The van der Waals surface area contributed by atoms with Crippen molar-refractivity contribution in [2.45, 2.75) is 0 Å². The number of hydrogen-bond donors (Lipinski definition) is 0. The van der Waals surface area contributed by atoms with Crippen LogP contribution in [0, 0.1) is 0 Å². The summed E-state index contributed by atoms with van der Waals surface area (Å²) < 4.78 is 5.37. The van der Waals surface area contributed by atoms with E-state index in [9.17, 15) is 0 Å². The molecule has 0 bridgehead atoms. The van der Waals surface area contributed by atoms with E-state index in [-0.39, 0.29) is 0 Å². The molecule has 0 radical (unpaired) electrons. The molecule has 0 aromatic heterocycles. The molecule has 0 N–H and O–H groups in total. The van der Waals surface area contributed by atoms with Gasteiger partial charge in [0.2, 0.25) is 0 Å². The zero-order chi connectivity index (χ0) is 17.5. The van der Waals surface area contributed by atoms with E-state index in [1.54, 1.807) is 7.11 Å². The van der Waals surface area contributed by atoms with Gasteiger partial charge >= 0.3 is 0 Å². The van der Waals surface area contributed by atoms with Gasteiger partial charge in [-0.3, -0.25) is 0 Å². The topological polar surface area (TPSA) is 9.23 Å². The van der Waals surface area contributed by atoms with E-state index in [2.05, 4.69) is 48.6 Å². The second-order valence-corrected chi connectivity index (χ2v) is 6.06. The zero-order valence-corrected chi connectivity index (χ0v) is 14.8. The van der Waals surface area contributed by atoms with Crippen molar-refractivity contribution < 1.29 is 4.74 Å². The maximum Gasteiger partial charge on any atom is 0.126 e. The van der Waals surface area contributed by atoms with Crippen LogP contribution in [0.25, 0.3) is 24.3 Å². The molecular formula is C23H19ClO. The predicted molar refractivity (Wildman–Crippen MR) is 109 cm³/mol. The third-order valence-corrected chi connectivity index (χ3v) is 4.12. The summed E-state index contributed by atoms with van der Waals surface area (Å²) in [4.78, 5) is 0. The van der Waals surface area contributed by atoms with Crippen LogP contribution in [0.5, 0.6) is 5.75 Å². The SMILES string of the molecule is COc1ccccc1/C=C/c1ccc(/C=C/c2ccc(Cl)cc2)cc1. The van der Waals surface area contributed by atoms with Crippen molar-refractivity contribution in [3.8, 4) is 5.75 Å². The number of ether oxygens (including phenoxy) is 1. The molecule has 0 atom stereocenters.